The molecule has 0 saturated carbocycles. The number of nitrogens with two attached hydrogens (primary N) is 1. The molecule has 0 saturated heterocycles. The predicted octanol–water partition coefficient (Wildman–Crippen LogP) is 2.84. The molecule has 0 aliphatic heterocycles. The maximum atomic E-state index is 13.7. The van der Waals surface area contributed by atoms with Crippen molar-refractivity contribution in [3.63, 3.8) is 0 Å². The number of hydrogen-bond donors (Lipinski definition) is 2. The van der Waals surface area contributed by atoms with Crippen molar-refractivity contribution < 1.29 is 13.6 Å². The number of nitrogens with one attached hydrogen (secondary N) is 1. The van der Waals surface area contributed by atoms with Crippen molar-refractivity contribution in [3.05, 3.63) is 71.3 Å². The van der Waals surface area contributed by atoms with Gasteiger partial charge in [-0.1, -0.05) is 36.4 Å². The van der Waals surface area contributed by atoms with Gasteiger partial charge in [-0.25, -0.2) is 8.78 Å². The Hall–Kier alpha value is -2.27. The number of halogens is 2. The Bertz CT molecular complexity index is 611. The predicted molar refractivity (Wildman–Crippen MR) is 76.3 cm³/mol. The number of carbonyl (C=O) groups is 1. The van der Waals surface area contributed by atoms with E-state index in [1.54, 1.807) is 24.3 Å². The van der Waals surface area contributed by atoms with Crippen molar-refractivity contribution in [2.45, 2.75) is 19.0 Å². The van der Waals surface area contributed by atoms with Crippen LogP contribution in [0.2, 0.25) is 0 Å². The fourth-order valence-corrected chi connectivity index (χ4v) is 2.11. The molecule has 1 amide bonds. The molecule has 2 atom stereocenters. The number of rotatable bonds is 4. The molecular formula is C16H16F2N2O. The summed E-state index contributed by atoms with van der Waals surface area (Å²) in [4.78, 5) is 12.1. The van der Waals surface area contributed by atoms with E-state index in [1.807, 2.05) is 6.07 Å². The molecule has 0 radical (unpaired) electrons. The van der Waals surface area contributed by atoms with Crippen LogP contribution in [0.25, 0.3) is 0 Å². The third-order valence-corrected chi connectivity index (χ3v) is 3.23. The van der Waals surface area contributed by atoms with Crippen LogP contribution in [0.1, 0.15) is 30.1 Å². The lowest BCUT2D eigenvalue weighted by atomic mass is 10.0. The number of amides is 1. The molecule has 0 heterocycles. The molecule has 0 bridgehead atoms. The second kappa shape index (κ2) is 6.45. The second-order valence-corrected chi connectivity index (χ2v) is 4.75. The highest BCUT2D eigenvalue weighted by Gasteiger charge is 2.21. The number of benzene rings is 2. The summed E-state index contributed by atoms with van der Waals surface area (Å²) in [6.45, 7) is 1.51. The van der Waals surface area contributed by atoms with Crippen LogP contribution in [0.4, 0.5) is 8.78 Å². The van der Waals surface area contributed by atoms with Gasteiger partial charge in [-0.15, -0.1) is 0 Å². The van der Waals surface area contributed by atoms with Gasteiger partial charge in [0.25, 0.3) is 0 Å². The molecule has 0 spiro atoms. The zero-order chi connectivity index (χ0) is 15.4. The standard InChI is InChI=1S/C16H16F2N2O/c1-10(14-12(17)8-5-9-13(14)18)20-16(21)15(19)11-6-3-2-4-7-11/h2-10,15H,19H2,1H3,(H,20,21)/t10?,15-/m1/s1. The smallest absolute Gasteiger partial charge is 0.241 e. The van der Waals surface area contributed by atoms with Crippen molar-refractivity contribution in [2.75, 3.05) is 0 Å². The minimum absolute atomic E-state index is 0.175. The molecule has 2 rings (SSSR count). The van der Waals surface area contributed by atoms with Gasteiger partial charge in [0.15, 0.2) is 0 Å². The minimum Gasteiger partial charge on any atom is -0.348 e. The molecular weight excluding hydrogens is 274 g/mol. The highest BCUT2D eigenvalue weighted by molar-refractivity contribution is 5.83. The molecule has 2 aromatic rings. The van der Waals surface area contributed by atoms with E-state index in [0.717, 1.165) is 12.1 Å². The first-order valence-corrected chi connectivity index (χ1v) is 6.55. The number of hydrogen-bond acceptors (Lipinski definition) is 2. The summed E-state index contributed by atoms with van der Waals surface area (Å²) in [7, 11) is 0. The lowest BCUT2D eigenvalue weighted by Gasteiger charge is -2.19. The van der Waals surface area contributed by atoms with Gasteiger partial charge in [0.2, 0.25) is 5.91 Å². The normalized spacial score (nSPS) is 13.5. The fourth-order valence-electron chi connectivity index (χ4n) is 2.11. The summed E-state index contributed by atoms with van der Waals surface area (Å²) < 4.78 is 27.3. The van der Waals surface area contributed by atoms with E-state index in [1.165, 1.54) is 13.0 Å². The van der Waals surface area contributed by atoms with Crippen LogP contribution in [0.3, 0.4) is 0 Å². The zero-order valence-electron chi connectivity index (χ0n) is 11.5. The third-order valence-electron chi connectivity index (χ3n) is 3.23. The third kappa shape index (κ3) is 3.44. The Labute approximate surface area is 121 Å². The molecule has 0 aliphatic carbocycles. The van der Waals surface area contributed by atoms with Crippen molar-refractivity contribution in [1.29, 1.82) is 0 Å². The van der Waals surface area contributed by atoms with Gasteiger partial charge in [-0.05, 0) is 24.6 Å². The molecule has 0 fully saturated rings. The topological polar surface area (TPSA) is 55.1 Å². The van der Waals surface area contributed by atoms with Crippen LogP contribution < -0.4 is 11.1 Å². The van der Waals surface area contributed by atoms with Crippen molar-refractivity contribution in [3.8, 4) is 0 Å². The maximum Gasteiger partial charge on any atom is 0.241 e. The molecule has 3 N–H and O–H groups in total. The monoisotopic (exact) mass is 290 g/mol. The van der Waals surface area contributed by atoms with Crippen LogP contribution in [-0.2, 0) is 4.79 Å². The Morgan fingerprint density at radius 3 is 2.19 bits per heavy atom. The quantitative estimate of drug-likeness (QED) is 0.909. The first-order chi connectivity index (χ1) is 10.0. The van der Waals surface area contributed by atoms with Crippen molar-refractivity contribution >= 4 is 5.91 Å². The van der Waals surface area contributed by atoms with Crippen LogP contribution in [0, 0.1) is 11.6 Å². The summed E-state index contributed by atoms with van der Waals surface area (Å²) >= 11 is 0. The van der Waals surface area contributed by atoms with Gasteiger partial charge in [-0.2, -0.15) is 0 Å². The Kier molecular flexibility index (Phi) is 4.65. The Balaban J connectivity index is 2.12. The second-order valence-electron chi connectivity index (χ2n) is 4.75. The van der Waals surface area contributed by atoms with Crippen molar-refractivity contribution in [1.82, 2.24) is 5.32 Å². The van der Waals surface area contributed by atoms with Crippen LogP contribution in [0.15, 0.2) is 48.5 Å². The highest BCUT2D eigenvalue weighted by Crippen LogP contribution is 2.21. The molecule has 5 heteroatoms. The largest absolute Gasteiger partial charge is 0.348 e. The Morgan fingerprint density at radius 2 is 1.62 bits per heavy atom. The lowest BCUT2D eigenvalue weighted by molar-refractivity contribution is -0.123. The molecule has 21 heavy (non-hydrogen) atoms. The van der Waals surface area contributed by atoms with E-state index in [-0.39, 0.29) is 5.56 Å². The molecule has 1 unspecified atom stereocenters. The molecule has 0 aromatic heterocycles. The highest BCUT2D eigenvalue weighted by atomic mass is 19.1. The van der Waals surface area contributed by atoms with E-state index in [9.17, 15) is 13.6 Å². The van der Waals surface area contributed by atoms with Gasteiger partial charge in [0.1, 0.15) is 17.7 Å². The minimum atomic E-state index is -0.886. The SMILES string of the molecule is CC(NC(=O)[C@H](N)c1ccccc1)c1c(F)cccc1F. The first-order valence-electron chi connectivity index (χ1n) is 6.55. The fraction of sp³-hybridized carbons (Fsp3) is 0.188. The average Bonchev–Trinajstić information content (AvgIpc) is 2.47. The summed E-state index contributed by atoms with van der Waals surface area (Å²) in [5, 5.41) is 2.53. The summed E-state index contributed by atoms with van der Waals surface area (Å²) in [5.41, 5.74) is 6.30. The maximum absolute atomic E-state index is 13.7. The van der Waals surface area contributed by atoms with Crippen molar-refractivity contribution in [2.24, 2.45) is 5.73 Å². The van der Waals surface area contributed by atoms with Gasteiger partial charge < -0.3 is 11.1 Å². The van der Waals surface area contributed by atoms with Gasteiger partial charge in [-0.3, -0.25) is 4.79 Å². The molecule has 2 aromatic carbocycles. The average molecular weight is 290 g/mol. The van der Waals surface area contributed by atoms with Crippen LogP contribution in [-0.4, -0.2) is 5.91 Å². The first kappa shape index (κ1) is 15.1. The van der Waals surface area contributed by atoms with Gasteiger partial charge >= 0.3 is 0 Å². The lowest BCUT2D eigenvalue weighted by Crippen LogP contribution is -2.36. The summed E-state index contributed by atoms with van der Waals surface area (Å²) in [6, 6.07) is 10.7. The van der Waals surface area contributed by atoms with Crippen LogP contribution in [0.5, 0.6) is 0 Å². The van der Waals surface area contributed by atoms with Gasteiger partial charge in [0.05, 0.1) is 6.04 Å². The molecule has 0 aliphatic rings. The Morgan fingerprint density at radius 1 is 1.05 bits per heavy atom. The van der Waals surface area contributed by atoms with E-state index >= 15 is 0 Å². The van der Waals surface area contributed by atoms with E-state index in [4.69, 9.17) is 5.73 Å². The van der Waals surface area contributed by atoms with Crippen LogP contribution >= 0.6 is 0 Å². The molecule has 110 valence electrons. The molecule has 3 nitrogen and oxygen atoms in total. The summed E-state index contributed by atoms with van der Waals surface area (Å²) in [5.74, 6) is -1.89. The summed E-state index contributed by atoms with van der Waals surface area (Å²) in [6.07, 6.45) is 0. The van der Waals surface area contributed by atoms with E-state index in [0.29, 0.717) is 5.56 Å². The number of carbonyl (C=O) groups excluding carboxylic acids is 1. The zero-order valence-corrected chi connectivity index (χ0v) is 11.5. The van der Waals surface area contributed by atoms with Gasteiger partial charge in [0, 0.05) is 5.56 Å². The van der Waals surface area contributed by atoms with E-state index in [2.05, 4.69) is 5.32 Å². The van der Waals surface area contributed by atoms with E-state index < -0.39 is 29.6 Å².